The van der Waals surface area contributed by atoms with Gasteiger partial charge in [-0.25, -0.2) is 0 Å². The van der Waals surface area contributed by atoms with Crippen LogP contribution in [0.5, 0.6) is 0 Å². The molecule has 2 aromatic rings. The number of nitrogens with one attached hydrogen (secondary N) is 1. The van der Waals surface area contributed by atoms with Gasteiger partial charge in [-0.15, -0.1) is 0 Å². The van der Waals surface area contributed by atoms with Crippen LogP contribution in [0.4, 0.5) is 0 Å². The maximum Gasteiger partial charge on any atom is 0.273 e. The topological polar surface area (TPSA) is 71.3 Å². The summed E-state index contributed by atoms with van der Waals surface area (Å²) in [6, 6.07) is 6.00. The van der Waals surface area contributed by atoms with Gasteiger partial charge < -0.3 is 9.84 Å². The number of hydrogen-bond donors (Lipinski definition) is 1. The Morgan fingerprint density at radius 2 is 2.12 bits per heavy atom. The number of carbonyl (C=O) groups excluding carboxylic acids is 1. The summed E-state index contributed by atoms with van der Waals surface area (Å²) in [5.74, 6) is 1.60. The van der Waals surface area contributed by atoms with Gasteiger partial charge in [0.15, 0.2) is 5.69 Å². The lowest BCUT2D eigenvalue weighted by Gasteiger charge is -2.16. The number of likely N-dealkylation sites (tertiary alicyclic amines) is 1. The van der Waals surface area contributed by atoms with Crippen molar-refractivity contribution in [1.29, 1.82) is 0 Å². The number of carbonyl (C=O) groups is 1. The molecule has 6 heteroatoms. The lowest BCUT2D eigenvalue weighted by molar-refractivity contribution is 0.0922. The third-order valence-corrected chi connectivity index (χ3v) is 4.90. The van der Waals surface area contributed by atoms with Crippen LogP contribution in [0.25, 0.3) is 0 Å². The highest BCUT2D eigenvalue weighted by Crippen LogP contribution is 2.40. The monoisotopic (exact) mass is 326 g/mol. The summed E-state index contributed by atoms with van der Waals surface area (Å²) >= 11 is 0. The van der Waals surface area contributed by atoms with Crippen LogP contribution in [0.1, 0.15) is 47.5 Å². The molecule has 1 N–H and O–H groups in total. The van der Waals surface area contributed by atoms with E-state index >= 15 is 0 Å². The predicted octanol–water partition coefficient (Wildman–Crippen LogP) is 2.20. The van der Waals surface area contributed by atoms with Gasteiger partial charge in [-0.05, 0) is 36.5 Å². The van der Waals surface area contributed by atoms with Gasteiger partial charge in [0, 0.05) is 50.1 Å². The molecule has 2 atom stereocenters. The summed E-state index contributed by atoms with van der Waals surface area (Å²) in [6.07, 6.45) is 5.91. The Morgan fingerprint density at radius 1 is 1.33 bits per heavy atom. The number of rotatable bonds is 5. The fourth-order valence-corrected chi connectivity index (χ4v) is 3.33. The van der Waals surface area contributed by atoms with Crippen LogP contribution in [-0.2, 0) is 6.54 Å². The van der Waals surface area contributed by atoms with Gasteiger partial charge >= 0.3 is 0 Å². The predicted molar refractivity (Wildman–Crippen MR) is 88.4 cm³/mol. The third-order valence-electron chi connectivity index (χ3n) is 4.90. The van der Waals surface area contributed by atoms with Gasteiger partial charge in [0.05, 0.1) is 0 Å². The third kappa shape index (κ3) is 3.33. The van der Waals surface area contributed by atoms with Crippen molar-refractivity contribution < 1.29 is 9.32 Å². The average Bonchev–Trinajstić information content (AvgIpc) is 3.21. The van der Waals surface area contributed by atoms with E-state index in [2.05, 4.69) is 27.3 Å². The molecule has 1 aliphatic heterocycles. The lowest BCUT2D eigenvalue weighted by atomic mass is 10.1. The molecule has 2 aromatic heterocycles. The quantitative estimate of drug-likeness (QED) is 0.912. The van der Waals surface area contributed by atoms with E-state index in [9.17, 15) is 4.79 Å². The van der Waals surface area contributed by atoms with E-state index in [-0.39, 0.29) is 11.9 Å². The molecule has 0 radical (unpaired) electrons. The maximum atomic E-state index is 12.4. The molecule has 0 spiro atoms. The van der Waals surface area contributed by atoms with Gasteiger partial charge in [-0.3, -0.25) is 14.7 Å². The standard InChI is InChI=1S/C18H22N4O2/c1-12-9-22(10-13-4-6-19-7-5-13)11-16(12)20-18(23)15-8-17(24-21-15)14-2-3-14/h4-8,12,14,16H,2-3,9-11H2,1H3,(H,20,23)/t12-,16+/m1/s1. The van der Waals surface area contributed by atoms with Crippen molar-refractivity contribution in [3.63, 3.8) is 0 Å². The molecule has 2 aliphatic rings. The van der Waals surface area contributed by atoms with E-state index in [1.807, 2.05) is 24.5 Å². The van der Waals surface area contributed by atoms with Gasteiger partial charge in [-0.1, -0.05) is 12.1 Å². The number of amides is 1. The molecular formula is C18H22N4O2. The summed E-state index contributed by atoms with van der Waals surface area (Å²) < 4.78 is 5.27. The SMILES string of the molecule is C[C@@H]1CN(Cc2ccncc2)C[C@@H]1NC(=O)c1cc(C2CC2)on1. The van der Waals surface area contributed by atoms with E-state index in [0.29, 0.717) is 17.5 Å². The van der Waals surface area contributed by atoms with Crippen LogP contribution in [0.15, 0.2) is 35.1 Å². The largest absolute Gasteiger partial charge is 0.360 e. The van der Waals surface area contributed by atoms with Crippen LogP contribution in [0, 0.1) is 5.92 Å². The van der Waals surface area contributed by atoms with Crippen LogP contribution < -0.4 is 5.32 Å². The van der Waals surface area contributed by atoms with Crippen molar-refractivity contribution in [2.45, 2.75) is 38.3 Å². The number of hydrogen-bond acceptors (Lipinski definition) is 5. The Hall–Kier alpha value is -2.21. The zero-order valence-electron chi connectivity index (χ0n) is 13.8. The molecule has 0 unspecified atom stereocenters. The van der Waals surface area contributed by atoms with Crippen molar-refractivity contribution in [3.8, 4) is 0 Å². The van der Waals surface area contributed by atoms with Gasteiger partial charge in [0.2, 0.25) is 0 Å². The van der Waals surface area contributed by atoms with Gasteiger partial charge in [0.1, 0.15) is 5.76 Å². The van der Waals surface area contributed by atoms with Crippen molar-refractivity contribution in [3.05, 3.63) is 47.6 Å². The van der Waals surface area contributed by atoms with E-state index in [1.165, 1.54) is 5.56 Å². The second-order valence-corrected chi connectivity index (χ2v) is 7.00. The lowest BCUT2D eigenvalue weighted by Crippen LogP contribution is -2.39. The van der Waals surface area contributed by atoms with Gasteiger partial charge in [-0.2, -0.15) is 0 Å². The first-order chi connectivity index (χ1) is 11.7. The number of nitrogens with zero attached hydrogens (tertiary/aromatic N) is 3. The molecule has 24 heavy (non-hydrogen) atoms. The fraction of sp³-hybridized carbons (Fsp3) is 0.500. The van der Waals surface area contributed by atoms with Crippen molar-refractivity contribution in [2.24, 2.45) is 5.92 Å². The Labute approximate surface area is 141 Å². The fourth-order valence-electron chi connectivity index (χ4n) is 3.33. The Bertz CT molecular complexity index is 711. The molecule has 1 amide bonds. The first-order valence-electron chi connectivity index (χ1n) is 8.58. The van der Waals surface area contributed by atoms with Crippen LogP contribution >= 0.6 is 0 Å². The molecule has 1 aliphatic carbocycles. The molecule has 0 bridgehead atoms. The highest BCUT2D eigenvalue weighted by molar-refractivity contribution is 5.92. The highest BCUT2D eigenvalue weighted by atomic mass is 16.5. The molecule has 1 saturated carbocycles. The Balaban J connectivity index is 1.34. The summed E-state index contributed by atoms with van der Waals surface area (Å²) in [6.45, 7) is 4.88. The zero-order valence-corrected chi connectivity index (χ0v) is 13.8. The summed E-state index contributed by atoms with van der Waals surface area (Å²) in [7, 11) is 0. The second kappa shape index (κ2) is 6.36. The number of pyridine rings is 1. The minimum Gasteiger partial charge on any atom is -0.360 e. The first-order valence-corrected chi connectivity index (χ1v) is 8.58. The minimum atomic E-state index is -0.131. The van der Waals surface area contributed by atoms with Crippen molar-refractivity contribution in [2.75, 3.05) is 13.1 Å². The van der Waals surface area contributed by atoms with Crippen molar-refractivity contribution >= 4 is 5.91 Å². The van der Waals surface area contributed by atoms with Crippen LogP contribution in [0.2, 0.25) is 0 Å². The molecular weight excluding hydrogens is 304 g/mol. The summed E-state index contributed by atoms with van der Waals surface area (Å²) in [5, 5.41) is 7.04. The van der Waals surface area contributed by atoms with Crippen molar-refractivity contribution in [1.82, 2.24) is 20.4 Å². The summed E-state index contributed by atoms with van der Waals surface area (Å²) in [5.41, 5.74) is 1.64. The van der Waals surface area contributed by atoms with E-state index < -0.39 is 0 Å². The minimum absolute atomic E-state index is 0.131. The van der Waals surface area contributed by atoms with Gasteiger partial charge in [0.25, 0.3) is 5.91 Å². The Kier molecular flexibility index (Phi) is 4.06. The molecule has 6 nitrogen and oxygen atoms in total. The molecule has 1 saturated heterocycles. The molecule has 4 rings (SSSR count). The average molecular weight is 326 g/mol. The highest BCUT2D eigenvalue weighted by Gasteiger charge is 2.32. The second-order valence-electron chi connectivity index (χ2n) is 7.00. The van der Waals surface area contributed by atoms with Crippen LogP contribution in [-0.4, -0.2) is 40.1 Å². The maximum absolute atomic E-state index is 12.4. The molecule has 0 aromatic carbocycles. The first kappa shape index (κ1) is 15.3. The summed E-state index contributed by atoms with van der Waals surface area (Å²) in [4.78, 5) is 18.8. The molecule has 126 valence electrons. The molecule has 2 fully saturated rings. The van der Waals surface area contributed by atoms with Crippen LogP contribution in [0.3, 0.4) is 0 Å². The van der Waals surface area contributed by atoms with E-state index in [1.54, 1.807) is 6.07 Å². The van der Waals surface area contributed by atoms with E-state index in [4.69, 9.17) is 4.52 Å². The van der Waals surface area contributed by atoms with E-state index in [0.717, 1.165) is 38.2 Å². The normalized spacial score (nSPS) is 24.2. The smallest absolute Gasteiger partial charge is 0.273 e. The molecule has 3 heterocycles. The zero-order chi connectivity index (χ0) is 16.5. The Morgan fingerprint density at radius 3 is 2.88 bits per heavy atom. The number of aromatic nitrogens is 2.